The van der Waals surface area contributed by atoms with Crippen LogP contribution in [0, 0.1) is 0 Å². The van der Waals surface area contributed by atoms with Crippen molar-refractivity contribution in [3.63, 3.8) is 0 Å². The van der Waals surface area contributed by atoms with E-state index in [9.17, 15) is 14.4 Å². The zero-order chi connectivity index (χ0) is 19.4. The van der Waals surface area contributed by atoms with E-state index in [2.05, 4.69) is 15.6 Å². The third-order valence-corrected chi connectivity index (χ3v) is 3.93. The van der Waals surface area contributed by atoms with Gasteiger partial charge in [0, 0.05) is 6.54 Å². The summed E-state index contributed by atoms with van der Waals surface area (Å²) in [5, 5.41) is 14.0. The smallest absolute Gasteiger partial charge is 0.326 e. The van der Waals surface area contributed by atoms with E-state index >= 15 is 0 Å². The number of nitrogens with two attached hydrogens (primary N) is 3. The number of amides is 2. The quantitative estimate of drug-likeness (QED) is 0.131. The highest BCUT2D eigenvalue weighted by atomic mass is 32.2. The third kappa shape index (κ3) is 10.5. The maximum absolute atomic E-state index is 12.0. The Kier molecular flexibility index (Phi) is 11.4. The highest BCUT2D eigenvalue weighted by Crippen LogP contribution is 2.02. The van der Waals surface area contributed by atoms with E-state index in [1.807, 2.05) is 6.26 Å². The number of hydrogen-bond donors (Lipinski definition) is 6. The first-order chi connectivity index (χ1) is 11.7. The highest BCUT2D eigenvalue weighted by Gasteiger charge is 2.24. The van der Waals surface area contributed by atoms with Crippen LogP contribution in [0.25, 0.3) is 0 Å². The summed E-state index contributed by atoms with van der Waals surface area (Å²) in [4.78, 5) is 38.9. The van der Waals surface area contributed by atoms with Crippen molar-refractivity contribution in [3.8, 4) is 0 Å². The maximum atomic E-state index is 12.0. The number of thioether (sulfide) groups is 1. The lowest BCUT2D eigenvalue weighted by molar-refractivity contribution is -0.142. The Morgan fingerprint density at radius 2 is 1.80 bits per heavy atom. The molecule has 0 aliphatic heterocycles. The molecule has 0 aromatic rings. The molecule has 0 aromatic heterocycles. The molecule has 0 radical (unpaired) electrons. The lowest BCUT2D eigenvalue weighted by Crippen LogP contribution is -2.53. The van der Waals surface area contributed by atoms with E-state index < -0.39 is 35.9 Å². The van der Waals surface area contributed by atoms with Crippen LogP contribution >= 0.6 is 11.8 Å². The van der Waals surface area contributed by atoms with E-state index in [4.69, 9.17) is 22.3 Å². The van der Waals surface area contributed by atoms with Gasteiger partial charge < -0.3 is 32.9 Å². The zero-order valence-corrected chi connectivity index (χ0v) is 15.3. The molecule has 0 fully saturated rings. The number of carbonyl (C=O) groups is 3. The van der Waals surface area contributed by atoms with Crippen molar-refractivity contribution in [2.24, 2.45) is 22.2 Å². The predicted octanol–water partition coefficient (Wildman–Crippen LogP) is -1.81. The number of guanidine groups is 1. The van der Waals surface area contributed by atoms with Gasteiger partial charge in [-0.1, -0.05) is 0 Å². The Labute approximate surface area is 151 Å². The Morgan fingerprint density at radius 3 is 2.32 bits per heavy atom. The third-order valence-electron chi connectivity index (χ3n) is 3.28. The highest BCUT2D eigenvalue weighted by molar-refractivity contribution is 7.98. The van der Waals surface area contributed by atoms with Crippen LogP contribution in [0.2, 0.25) is 0 Å². The molecule has 0 bridgehead atoms. The molecule has 10 nitrogen and oxygen atoms in total. The van der Waals surface area contributed by atoms with Crippen LogP contribution in [-0.2, 0) is 14.4 Å². The van der Waals surface area contributed by atoms with Gasteiger partial charge in [-0.05, 0) is 38.2 Å². The van der Waals surface area contributed by atoms with Crippen LogP contribution in [0.1, 0.15) is 26.2 Å². The Balaban J connectivity index is 4.37. The lowest BCUT2D eigenvalue weighted by atomic mass is 10.1. The summed E-state index contributed by atoms with van der Waals surface area (Å²) in [5.74, 6) is -1.62. The van der Waals surface area contributed by atoms with Crippen LogP contribution in [0.15, 0.2) is 4.99 Å². The molecule has 0 rings (SSSR count). The average molecular weight is 376 g/mol. The molecule has 0 saturated carbocycles. The summed E-state index contributed by atoms with van der Waals surface area (Å²) >= 11 is 1.48. The van der Waals surface area contributed by atoms with Crippen molar-refractivity contribution in [1.29, 1.82) is 0 Å². The van der Waals surface area contributed by atoms with E-state index in [1.54, 1.807) is 0 Å². The molecule has 0 aliphatic rings. The molecule has 0 heterocycles. The van der Waals surface area contributed by atoms with Crippen molar-refractivity contribution in [2.45, 2.75) is 44.3 Å². The molecule has 2 amide bonds. The van der Waals surface area contributed by atoms with Gasteiger partial charge in [-0.25, -0.2) is 4.79 Å². The summed E-state index contributed by atoms with van der Waals surface area (Å²) in [5.41, 5.74) is 16.1. The van der Waals surface area contributed by atoms with Gasteiger partial charge in [0.15, 0.2) is 5.96 Å². The fourth-order valence-electron chi connectivity index (χ4n) is 1.83. The topological polar surface area (TPSA) is 186 Å². The fourth-order valence-corrected chi connectivity index (χ4v) is 2.30. The van der Waals surface area contributed by atoms with Gasteiger partial charge in [-0.3, -0.25) is 14.6 Å². The largest absolute Gasteiger partial charge is 0.480 e. The average Bonchev–Trinajstić information content (AvgIpc) is 2.54. The molecule has 25 heavy (non-hydrogen) atoms. The van der Waals surface area contributed by atoms with E-state index in [0.717, 1.165) is 0 Å². The molecule has 0 unspecified atom stereocenters. The number of nitrogens with one attached hydrogen (secondary N) is 2. The van der Waals surface area contributed by atoms with Crippen molar-refractivity contribution < 1.29 is 19.5 Å². The van der Waals surface area contributed by atoms with Crippen LogP contribution in [0.4, 0.5) is 0 Å². The molecular formula is C14H28N6O4S. The zero-order valence-electron chi connectivity index (χ0n) is 14.5. The Morgan fingerprint density at radius 1 is 1.16 bits per heavy atom. The first kappa shape index (κ1) is 23.0. The number of carboxylic acids is 1. The van der Waals surface area contributed by atoms with Crippen molar-refractivity contribution in [1.82, 2.24) is 10.6 Å². The van der Waals surface area contributed by atoms with Gasteiger partial charge in [-0.2, -0.15) is 11.8 Å². The molecule has 0 aromatic carbocycles. The standard InChI is InChI=1S/C14H28N6O4S/c1-8(11(21)20-10(13(23)24)5-7-25-2)19-12(22)9(15)4-3-6-18-14(16)17/h8-10H,3-7,15H2,1-2H3,(H,19,22)(H,20,21)(H,23,24)(H4,16,17,18)/t8-,9-,10-/m0/s1. The number of aliphatic imine (C=N–C) groups is 1. The second-order valence-corrected chi connectivity index (χ2v) is 6.45. The Hall–Kier alpha value is -2.01. The minimum atomic E-state index is -1.11. The number of carbonyl (C=O) groups excluding carboxylic acids is 2. The van der Waals surface area contributed by atoms with E-state index in [-0.39, 0.29) is 5.96 Å². The number of rotatable bonds is 12. The van der Waals surface area contributed by atoms with E-state index in [1.165, 1.54) is 18.7 Å². The monoisotopic (exact) mass is 376 g/mol. The van der Waals surface area contributed by atoms with Gasteiger partial charge in [0.25, 0.3) is 0 Å². The molecule has 144 valence electrons. The van der Waals surface area contributed by atoms with Crippen molar-refractivity contribution >= 4 is 35.5 Å². The molecular weight excluding hydrogens is 348 g/mol. The molecule has 3 atom stereocenters. The molecule has 9 N–H and O–H groups in total. The summed E-state index contributed by atoms with van der Waals surface area (Å²) in [6, 6.07) is -2.70. The van der Waals surface area contributed by atoms with Gasteiger partial charge >= 0.3 is 5.97 Å². The molecule has 0 aliphatic carbocycles. The predicted molar refractivity (Wildman–Crippen MR) is 98.1 cm³/mol. The normalized spacial score (nSPS) is 14.0. The number of aliphatic carboxylic acids is 1. The number of nitrogens with zero attached hydrogens (tertiary/aromatic N) is 1. The van der Waals surface area contributed by atoms with Crippen molar-refractivity contribution in [2.75, 3.05) is 18.6 Å². The van der Waals surface area contributed by atoms with Gasteiger partial charge in [-0.15, -0.1) is 0 Å². The van der Waals surface area contributed by atoms with Crippen LogP contribution in [-0.4, -0.2) is 65.5 Å². The second kappa shape index (κ2) is 12.4. The van der Waals surface area contributed by atoms with Gasteiger partial charge in [0.2, 0.25) is 11.8 Å². The van der Waals surface area contributed by atoms with Crippen LogP contribution in [0.3, 0.4) is 0 Å². The summed E-state index contributed by atoms with van der Waals surface area (Å²) in [6.07, 6.45) is 3.01. The summed E-state index contributed by atoms with van der Waals surface area (Å²) in [6.45, 7) is 1.82. The van der Waals surface area contributed by atoms with Crippen LogP contribution < -0.4 is 27.8 Å². The minimum absolute atomic E-state index is 0.0298. The first-order valence-corrected chi connectivity index (χ1v) is 9.21. The SMILES string of the molecule is CSCC[C@H](NC(=O)[C@H](C)NC(=O)[C@@H](N)CCCN=C(N)N)C(=O)O. The van der Waals surface area contributed by atoms with Crippen LogP contribution in [0.5, 0.6) is 0 Å². The molecule has 11 heteroatoms. The maximum Gasteiger partial charge on any atom is 0.326 e. The minimum Gasteiger partial charge on any atom is -0.480 e. The second-order valence-electron chi connectivity index (χ2n) is 5.47. The molecule has 0 saturated heterocycles. The van der Waals surface area contributed by atoms with Crippen molar-refractivity contribution in [3.05, 3.63) is 0 Å². The molecule has 0 spiro atoms. The fraction of sp³-hybridized carbons (Fsp3) is 0.714. The van der Waals surface area contributed by atoms with Gasteiger partial charge in [0.05, 0.1) is 6.04 Å². The Bertz CT molecular complexity index is 484. The van der Waals surface area contributed by atoms with Gasteiger partial charge in [0.1, 0.15) is 12.1 Å². The first-order valence-electron chi connectivity index (χ1n) is 7.82. The van der Waals surface area contributed by atoms with E-state index in [0.29, 0.717) is 31.6 Å². The number of hydrogen-bond acceptors (Lipinski definition) is 6. The number of carboxylic acid groups (broad SMARTS) is 1. The lowest BCUT2D eigenvalue weighted by Gasteiger charge is -2.20. The summed E-state index contributed by atoms with van der Waals surface area (Å²) in [7, 11) is 0. The summed E-state index contributed by atoms with van der Waals surface area (Å²) < 4.78 is 0.